The number of halogens is 3. The molecule has 0 saturated carbocycles. The van der Waals surface area contributed by atoms with Crippen molar-refractivity contribution in [3.05, 3.63) is 83.4 Å². The Morgan fingerprint density at radius 1 is 0.949 bits per heavy atom. The van der Waals surface area contributed by atoms with E-state index in [0.717, 1.165) is 42.0 Å². The molecule has 1 amide bonds. The fourth-order valence-electron chi connectivity index (χ4n) is 4.50. The number of amides is 1. The highest BCUT2D eigenvalue weighted by molar-refractivity contribution is 6.04. The van der Waals surface area contributed by atoms with Crippen molar-refractivity contribution in [3.8, 4) is 11.1 Å². The van der Waals surface area contributed by atoms with E-state index in [-0.39, 0.29) is 17.8 Å². The van der Waals surface area contributed by atoms with Crippen molar-refractivity contribution in [3.63, 3.8) is 0 Å². The number of anilines is 2. The summed E-state index contributed by atoms with van der Waals surface area (Å²) >= 11 is 0. The maximum absolute atomic E-state index is 13.2. The smallest absolute Gasteiger partial charge is 0.382 e. The Hall–Kier alpha value is -4.01. The van der Waals surface area contributed by atoms with Gasteiger partial charge in [-0.1, -0.05) is 76.2 Å². The Bertz CT molecular complexity index is 1310. The van der Waals surface area contributed by atoms with E-state index in [1.807, 2.05) is 42.5 Å². The Morgan fingerprint density at radius 3 is 2.23 bits per heavy atom. The van der Waals surface area contributed by atoms with Crippen molar-refractivity contribution >= 4 is 23.1 Å². The minimum Gasteiger partial charge on any atom is -0.382 e. The number of hydrazone groups is 1. The molecule has 3 aromatic carbocycles. The minimum atomic E-state index is -4.48. The van der Waals surface area contributed by atoms with Crippen molar-refractivity contribution in [2.24, 2.45) is 28.5 Å². The van der Waals surface area contributed by atoms with Crippen molar-refractivity contribution < 1.29 is 18.0 Å². The molecule has 0 aliphatic rings. The summed E-state index contributed by atoms with van der Waals surface area (Å²) in [6.07, 6.45) is -4.68. The van der Waals surface area contributed by atoms with E-state index in [0.29, 0.717) is 23.1 Å². The average molecular weight is 540 g/mol. The molecule has 0 spiro atoms. The Kier molecular flexibility index (Phi) is 9.61. The van der Waals surface area contributed by atoms with E-state index in [1.54, 1.807) is 0 Å². The topological polar surface area (TPSA) is 96.7 Å². The summed E-state index contributed by atoms with van der Waals surface area (Å²) in [5.74, 6) is 5.92. The van der Waals surface area contributed by atoms with Gasteiger partial charge < -0.3 is 21.8 Å². The van der Waals surface area contributed by atoms with E-state index >= 15 is 0 Å². The number of hydrogen-bond acceptors (Lipinski definition) is 4. The van der Waals surface area contributed by atoms with Gasteiger partial charge in [-0.25, -0.2) is 0 Å². The first-order valence-electron chi connectivity index (χ1n) is 12.9. The summed E-state index contributed by atoms with van der Waals surface area (Å²) in [6.45, 7) is 10.0. The second-order valence-electron chi connectivity index (χ2n) is 10.4. The van der Waals surface area contributed by atoms with Crippen molar-refractivity contribution in [1.82, 2.24) is 0 Å². The standard InChI is InChI=1S/C30H36F3N5O/c1-19(2)17-38(18-20(3)4)27-13-12-22(24-10-5-6-11-25(24)29(34)37-35)16-26(27)36-28(39)15-21-8-7-9-23(14-21)30(31,32)33/h5-14,16,19-20H,15,17-18,35H2,1-4H3,(H2,34,37)(H,36,39). The molecular formula is C30H36F3N5O. The second-order valence-corrected chi connectivity index (χ2v) is 10.4. The van der Waals surface area contributed by atoms with Crippen molar-refractivity contribution in [2.75, 3.05) is 23.3 Å². The highest BCUT2D eigenvalue weighted by Gasteiger charge is 2.30. The van der Waals surface area contributed by atoms with Crippen LogP contribution in [0, 0.1) is 11.8 Å². The Balaban J connectivity index is 2.05. The third-order valence-corrected chi connectivity index (χ3v) is 6.05. The van der Waals surface area contributed by atoms with Crippen LogP contribution in [0.3, 0.4) is 0 Å². The van der Waals surface area contributed by atoms with Crippen molar-refractivity contribution in [1.29, 1.82) is 0 Å². The second kappa shape index (κ2) is 12.7. The SMILES string of the molecule is CC(C)CN(CC(C)C)c1ccc(-c2ccccc2/C(N)=N/N)cc1NC(=O)Cc1cccc(C(F)(F)F)c1. The molecule has 3 aromatic rings. The molecule has 6 nitrogen and oxygen atoms in total. The fraction of sp³-hybridized carbons (Fsp3) is 0.333. The van der Waals surface area contributed by atoms with Crippen LogP contribution >= 0.6 is 0 Å². The van der Waals surface area contributed by atoms with Gasteiger partial charge in [0, 0.05) is 18.7 Å². The van der Waals surface area contributed by atoms with E-state index in [4.69, 9.17) is 11.6 Å². The maximum atomic E-state index is 13.2. The number of amidine groups is 1. The molecule has 3 rings (SSSR count). The molecule has 9 heteroatoms. The number of carbonyl (C=O) groups is 1. The summed E-state index contributed by atoms with van der Waals surface area (Å²) in [6, 6.07) is 18.0. The number of rotatable bonds is 10. The van der Waals surface area contributed by atoms with Gasteiger partial charge >= 0.3 is 6.18 Å². The molecule has 0 aromatic heterocycles. The Morgan fingerprint density at radius 2 is 1.62 bits per heavy atom. The molecule has 0 radical (unpaired) electrons. The van der Waals surface area contributed by atoms with Crippen molar-refractivity contribution in [2.45, 2.75) is 40.3 Å². The fourth-order valence-corrected chi connectivity index (χ4v) is 4.50. The normalized spacial score (nSPS) is 12.2. The highest BCUT2D eigenvalue weighted by Crippen LogP contribution is 2.35. The van der Waals surface area contributed by atoms with Gasteiger partial charge in [0.05, 0.1) is 23.4 Å². The predicted octanol–water partition coefficient (Wildman–Crippen LogP) is 6.25. The number of nitrogens with two attached hydrogens (primary N) is 2. The minimum absolute atomic E-state index is 0.172. The van der Waals surface area contributed by atoms with Gasteiger partial charge in [-0.15, -0.1) is 0 Å². The predicted molar refractivity (Wildman–Crippen MR) is 152 cm³/mol. The lowest BCUT2D eigenvalue weighted by atomic mass is 9.97. The zero-order chi connectivity index (χ0) is 28.7. The number of nitrogens with zero attached hydrogens (tertiary/aromatic N) is 2. The van der Waals surface area contributed by atoms with Crippen LogP contribution in [-0.2, 0) is 17.4 Å². The number of nitrogens with one attached hydrogen (secondary N) is 1. The van der Waals surface area contributed by atoms with Gasteiger partial charge in [-0.05, 0) is 46.7 Å². The summed E-state index contributed by atoms with van der Waals surface area (Å²) in [5.41, 5.74) is 9.13. The third kappa shape index (κ3) is 7.99. The highest BCUT2D eigenvalue weighted by atomic mass is 19.4. The summed E-state index contributed by atoms with van der Waals surface area (Å²) in [7, 11) is 0. The number of alkyl halides is 3. The third-order valence-electron chi connectivity index (χ3n) is 6.05. The monoisotopic (exact) mass is 539 g/mol. The molecule has 39 heavy (non-hydrogen) atoms. The van der Waals surface area contributed by atoms with Gasteiger partial charge in [0.2, 0.25) is 5.91 Å². The van der Waals surface area contributed by atoms with Crippen LogP contribution in [-0.4, -0.2) is 24.8 Å². The molecule has 0 bridgehead atoms. The van der Waals surface area contributed by atoms with Crippen LogP contribution in [0.2, 0.25) is 0 Å². The first-order valence-corrected chi connectivity index (χ1v) is 12.9. The Labute approximate surface area is 227 Å². The molecule has 0 aliphatic heterocycles. The molecule has 0 atom stereocenters. The summed E-state index contributed by atoms with van der Waals surface area (Å²) in [4.78, 5) is 15.4. The molecular weight excluding hydrogens is 503 g/mol. The maximum Gasteiger partial charge on any atom is 0.416 e. The van der Waals surface area contributed by atoms with Crippen LogP contribution in [0.5, 0.6) is 0 Å². The largest absolute Gasteiger partial charge is 0.416 e. The van der Waals surface area contributed by atoms with Gasteiger partial charge in [0.1, 0.15) is 0 Å². The molecule has 0 aliphatic carbocycles. The quantitative estimate of drug-likeness (QED) is 0.123. The zero-order valence-corrected chi connectivity index (χ0v) is 22.7. The lowest BCUT2D eigenvalue weighted by molar-refractivity contribution is -0.137. The molecule has 208 valence electrons. The van der Waals surface area contributed by atoms with E-state index in [2.05, 4.69) is 43.0 Å². The lowest BCUT2D eigenvalue weighted by Crippen LogP contribution is -2.32. The van der Waals surface area contributed by atoms with Crippen LogP contribution in [0.25, 0.3) is 11.1 Å². The van der Waals surface area contributed by atoms with Crippen LogP contribution in [0.1, 0.15) is 44.4 Å². The van der Waals surface area contributed by atoms with Gasteiger partial charge in [0.15, 0.2) is 5.84 Å². The van der Waals surface area contributed by atoms with E-state index < -0.39 is 17.6 Å². The zero-order valence-electron chi connectivity index (χ0n) is 22.7. The average Bonchev–Trinajstić information content (AvgIpc) is 2.87. The first-order chi connectivity index (χ1) is 18.4. The number of hydrogen-bond donors (Lipinski definition) is 3. The van der Waals surface area contributed by atoms with Crippen LogP contribution in [0.4, 0.5) is 24.5 Å². The lowest BCUT2D eigenvalue weighted by Gasteiger charge is -2.31. The summed E-state index contributed by atoms with van der Waals surface area (Å²) in [5, 5.41) is 6.60. The molecule has 5 N–H and O–H groups in total. The van der Waals surface area contributed by atoms with Gasteiger partial charge in [0.25, 0.3) is 0 Å². The number of carbonyl (C=O) groups excluding carboxylic acids is 1. The van der Waals surface area contributed by atoms with E-state index in [1.165, 1.54) is 12.1 Å². The number of benzene rings is 3. The molecule has 0 saturated heterocycles. The van der Waals surface area contributed by atoms with Crippen LogP contribution < -0.4 is 21.8 Å². The summed E-state index contributed by atoms with van der Waals surface area (Å²) < 4.78 is 39.6. The van der Waals surface area contributed by atoms with Gasteiger partial charge in [-0.3, -0.25) is 4.79 Å². The van der Waals surface area contributed by atoms with E-state index in [9.17, 15) is 18.0 Å². The first kappa shape index (κ1) is 29.5. The molecule has 0 fully saturated rings. The van der Waals surface area contributed by atoms with Crippen LogP contribution in [0.15, 0.2) is 71.8 Å². The molecule has 0 unspecified atom stereocenters. The van der Waals surface area contributed by atoms with Gasteiger partial charge in [-0.2, -0.15) is 18.3 Å². The molecule has 0 heterocycles.